The lowest BCUT2D eigenvalue weighted by Gasteiger charge is -2.12. The molecular formula is C12H15F3N2O4. The number of aromatic nitrogens is 1. The Morgan fingerprint density at radius 2 is 1.90 bits per heavy atom. The first kappa shape index (κ1) is 17.2. The van der Waals surface area contributed by atoms with Crippen molar-refractivity contribution in [1.29, 1.82) is 0 Å². The second kappa shape index (κ2) is 7.79. The maximum atomic E-state index is 12.6. The lowest BCUT2D eigenvalue weighted by molar-refractivity contribution is -0.141. The van der Waals surface area contributed by atoms with E-state index in [9.17, 15) is 18.0 Å². The fourth-order valence-electron chi connectivity index (χ4n) is 1.34. The molecule has 0 aliphatic heterocycles. The Kier molecular flexibility index (Phi) is 6.38. The zero-order valence-corrected chi connectivity index (χ0v) is 11.3. The maximum absolute atomic E-state index is 12.6. The van der Waals surface area contributed by atoms with Crippen molar-refractivity contribution in [3.05, 3.63) is 23.4 Å². The highest BCUT2D eigenvalue weighted by molar-refractivity contribution is 5.95. The number of carbonyl (C=O) groups is 1. The van der Waals surface area contributed by atoms with Gasteiger partial charge in [-0.2, -0.15) is 13.2 Å². The van der Waals surface area contributed by atoms with E-state index < -0.39 is 23.7 Å². The van der Waals surface area contributed by atoms with E-state index in [4.69, 9.17) is 19.9 Å². The molecule has 0 saturated heterocycles. The fraction of sp³-hybridized carbons (Fsp3) is 0.500. The summed E-state index contributed by atoms with van der Waals surface area (Å²) in [4.78, 5) is 14.4. The summed E-state index contributed by atoms with van der Waals surface area (Å²) in [6.45, 7) is 0.741. The number of carbonyl (C=O) groups excluding carboxylic acids is 1. The summed E-state index contributed by atoms with van der Waals surface area (Å²) in [5.41, 5.74) is 3.67. The van der Waals surface area contributed by atoms with Crippen molar-refractivity contribution in [1.82, 2.24) is 4.98 Å². The minimum Gasteiger partial charge on any atom is -0.475 e. The number of hydrogen-bond donors (Lipinski definition) is 1. The molecule has 1 heterocycles. The van der Waals surface area contributed by atoms with E-state index >= 15 is 0 Å². The van der Waals surface area contributed by atoms with Crippen LogP contribution in [0.25, 0.3) is 0 Å². The van der Waals surface area contributed by atoms with Gasteiger partial charge >= 0.3 is 6.18 Å². The van der Waals surface area contributed by atoms with Gasteiger partial charge in [-0.1, -0.05) is 0 Å². The van der Waals surface area contributed by atoms with Crippen LogP contribution in [0.5, 0.6) is 5.88 Å². The molecule has 6 nitrogen and oxygen atoms in total. The lowest BCUT2D eigenvalue weighted by atomic mass is 10.2. The van der Waals surface area contributed by atoms with Gasteiger partial charge in [-0.15, -0.1) is 0 Å². The van der Waals surface area contributed by atoms with E-state index in [-0.39, 0.29) is 18.8 Å². The Hall–Kier alpha value is -1.87. The average molecular weight is 308 g/mol. The second-order valence-electron chi connectivity index (χ2n) is 3.86. The third-order valence-corrected chi connectivity index (χ3v) is 2.31. The number of methoxy groups -OCH3 is 1. The van der Waals surface area contributed by atoms with Crippen LogP contribution < -0.4 is 10.5 Å². The molecule has 9 heteroatoms. The van der Waals surface area contributed by atoms with Gasteiger partial charge in [-0.3, -0.25) is 4.79 Å². The van der Waals surface area contributed by atoms with Crippen LogP contribution in [-0.2, 0) is 15.7 Å². The lowest BCUT2D eigenvalue weighted by Crippen LogP contribution is -2.18. The summed E-state index contributed by atoms with van der Waals surface area (Å²) in [7, 11) is 1.51. The second-order valence-corrected chi connectivity index (χ2v) is 3.86. The predicted octanol–water partition coefficient (Wildman–Crippen LogP) is 1.24. The number of pyridine rings is 1. The van der Waals surface area contributed by atoms with Gasteiger partial charge in [-0.05, 0) is 12.1 Å². The molecule has 0 radical (unpaired) electrons. The predicted molar refractivity (Wildman–Crippen MR) is 65.9 cm³/mol. The van der Waals surface area contributed by atoms with Gasteiger partial charge in [-0.25, -0.2) is 4.98 Å². The van der Waals surface area contributed by atoms with Crippen molar-refractivity contribution in [2.75, 3.05) is 33.5 Å². The van der Waals surface area contributed by atoms with Gasteiger partial charge in [0.1, 0.15) is 17.9 Å². The number of nitrogens with zero attached hydrogens (tertiary/aromatic N) is 1. The van der Waals surface area contributed by atoms with E-state index in [2.05, 4.69) is 4.98 Å². The molecule has 0 bridgehead atoms. The molecule has 0 aliphatic carbocycles. The van der Waals surface area contributed by atoms with Gasteiger partial charge in [0.2, 0.25) is 5.88 Å². The number of rotatable bonds is 8. The Morgan fingerprint density at radius 3 is 2.48 bits per heavy atom. The molecule has 1 aromatic heterocycles. The van der Waals surface area contributed by atoms with Crippen LogP contribution in [0.15, 0.2) is 12.1 Å². The standard InChI is InChI=1S/C12H15F3N2O4/c1-19-4-5-20-6-7-21-11-8(10(16)18)2-3-9(17-11)12(13,14)15/h2-3H,4-7H2,1H3,(H2,16,18). The molecule has 0 unspecified atom stereocenters. The van der Waals surface area contributed by atoms with Crippen molar-refractivity contribution >= 4 is 5.91 Å². The van der Waals surface area contributed by atoms with Crippen molar-refractivity contribution in [2.45, 2.75) is 6.18 Å². The van der Waals surface area contributed by atoms with Crippen LogP contribution in [0.3, 0.4) is 0 Å². The third-order valence-electron chi connectivity index (χ3n) is 2.31. The number of alkyl halides is 3. The molecule has 0 aliphatic rings. The van der Waals surface area contributed by atoms with Gasteiger partial charge < -0.3 is 19.9 Å². The van der Waals surface area contributed by atoms with Crippen LogP contribution in [0, 0.1) is 0 Å². The topological polar surface area (TPSA) is 83.7 Å². The minimum absolute atomic E-state index is 0.0711. The molecule has 0 saturated carbocycles. The van der Waals surface area contributed by atoms with Crippen molar-refractivity contribution in [3.63, 3.8) is 0 Å². The average Bonchev–Trinajstić information content (AvgIpc) is 2.41. The van der Waals surface area contributed by atoms with E-state index in [0.29, 0.717) is 19.3 Å². The molecule has 1 rings (SSSR count). The summed E-state index contributed by atoms with van der Waals surface area (Å²) >= 11 is 0. The normalized spacial score (nSPS) is 11.4. The first-order valence-corrected chi connectivity index (χ1v) is 5.93. The number of ether oxygens (including phenoxy) is 3. The zero-order valence-electron chi connectivity index (χ0n) is 11.3. The Bertz CT molecular complexity index is 480. The maximum Gasteiger partial charge on any atom is 0.433 e. The van der Waals surface area contributed by atoms with Crippen LogP contribution in [-0.4, -0.2) is 44.4 Å². The quantitative estimate of drug-likeness (QED) is 0.731. The SMILES string of the molecule is COCCOCCOc1nc(C(F)(F)F)ccc1C(N)=O. The molecule has 0 atom stereocenters. The Balaban J connectivity index is 2.71. The largest absolute Gasteiger partial charge is 0.475 e. The number of primary amides is 1. The highest BCUT2D eigenvalue weighted by Gasteiger charge is 2.33. The summed E-state index contributed by atoms with van der Waals surface area (Å²) in [6.07, 6.45) is -4.64. The molecule has 2 N–H and O–H groups in total. The first-order chi connectivity index (χ1) is 9.86. The molecule has 118 valence electrons. The van der Waals surface area contributed by atoms with E-state index in [1.807, 2.05) is 0 Å². The van der Waals surface area contributed by atoms with Gasteiger partial charge in [0.05, 0.1) is 19.8 Å². The Morgan fingerprint density at radius 1 is 1.24 bits per heavy atom. The monoisotopic (exact) mass is 308 g/mol. The molecule has 0 fully saturated rings. The van der Waals surface area contributed by atoms with Gasteiger partial charge in [0.15, 0.2) is 0 Å². The van der Waals surface area contributed by atoms with E-state index in [0.717, 1.165) is 6.07 Å². The third kappa shape index (κ3) is 5.56. The molecular weight excluding hydrogens is 293 g/mol. The van der Waals surface area contributed by atoms with Crippen LogP contribution in [0.1, 0.15) is 16.1 Å². The summed E-state index contributed by atoms with van der Waals surface area (Å²) in [5.74, 6) is -1.39. The molecule has 1 aromatic rings. The van der Waals surface area contributed by atoms with Crippen molar-refractivity contribution in [2.24, 2.45) is 5.73 Å². The van der Waals surface area contributed by atoms with Gasteiger partial charge in [0, 0.05) is 7.11 Å². The number of amides is 1. The fourth-order valence-corrected chi connectivity index (χ4v) is 1.34. The van der Waals surface area contributed by atoms with Crippen molar-refractivity contribution < 1.29 is 32.2 Å². The molecule has 0 spiro atoms. The number of halogens is 3. The van der Waals surface area contributed by atoms with Crippen LogP contribution in [0.2, 0.25) is 0 Å². The highest BCUT2D eigenvalue weighted by Crippen LogP contribution is 2.30. The number of hydrogen-bond acceptors (Lipinski definition) is 5. The molecule has 0 aromatic carbocycles. The summed E-state index contributed by atoms with van der Waals surface area (Å²) in [6, 6.07) is 1.60. The smallest absolute Gasteiger partial charge is 0.433 e. The molecule has 1 amide bonds. The van der Waals surface area contributed by atoms with E-state index in [1.165, 1.54) is 7.11 Å². The Labute approximate surface area is 119 Å². The number of nitrogens with two attached hydrogens (primary N) is 1. The first-order valence-electron chi connectivity index (χ1n) is 5.93. The van der Waals surface area contributed by atoms with E-state index in [1.54, 1.807) is 0 Å². The van der Waals surface area contributed by atoms with Crippen LogP contribution in [0.4, 0.5) is 13.2 Å². The van der Waals surface area contributed by atoms with Gasteiger partial charge in [0.25, 0.3) is 5.91 Å². The van der Waals surface area contributed by atoms with Crippen molar-refractivity contribution in [3.8, 4) is 5.88 Å². The van der Waals surface area contributed by atoms with Crippen LogP contribution >= 0.6 is 0 Å². The summed E-state index contributed by atoms with van der Waals surface area (Å²) < 4.78 is 52.5. The minimum atomic E-state index is -4.64. The summed E-state index contributed by atoms with van der Waals surface area (Å²) in [5, 5.41) is 0. The zero-order chi connectivity index (χ0) is 15.9. The molecule has 21 heavy (non-hydrogen) atoms. The highest BCUT2D eigenvalue weighted by atomic mass is 19.4.